The average Bonchev–Trinajstić information content (AvgIpc) is 3.39. The van der Waals surface area contributed by atoms with Crippen LogP contribution in [-0.4, -0.2) is 22.0 Å². The SMILES string of the molecule is O=C(NCc1cccc2[nH]ccc12)N(Cc1ccsc1)C1CCCC1. The largest absolute Gasteiger partial charge is 0.361 e. The summed E-state index contributed by atoms with van der Waals surface area (Å²) in [6.07, 6.45) is 6.62. The van der Waals surface area contributed by atoms with E-state index in [4.69, 9.17) is 0 Å². The molecule has 4 rings (SSSR count). The second-order valence-corrected chi connectivity index (χ2v) is 7.49. The van der Waals surface area contributed by atoms with E-state index in [0.717, 1.165) is 23.9 Å². The van der Waals surface area contributed by atoms with Crippen LogP contribution in [0.15, 0.2) is 47.3 Å². The minimum absolute atomic E-state index is 0.0469. The molecule has 4 nitrogen and oxygen atoms in total. The van der Waals surface area contributed by atoms with Gasteiger partial charge in [0.2, 0.25) is 0 Å². The first kappa shape index (κ1) is 16.2. The van der Waals surface area contributed by atoms with Crippen molar-refractivity contribution in [2.75, 3.05) is 0 Å². The zero-order chi connectivity index (χ0) is 17.1. The molecule has 1 fully saturated rings. The topological polar surface area (TPSA) is 48.1 Å². The number of carbonyl (C=O) groups is 1. The Morgan fingerprint density at radius 3 is 2.92 bits per heavy atom. The molecule has 0 aliphatic heterocycles. The Morgan fingerprint density at radius 2 is 2.12 bits per heavy atom. The molecular formula is C20H23N3OS. The van der Waals surface area contributed by atoms with Crippen LogP contribution in [-0.2, 0) is 13.1 Å². The van der Waals surface area contributed by atoms with Crippen LogP contribution in [0.2, 0.25) is 0 Å². The Kier molecular flexibility index (Phi) is 4.74. The number of thiophene rings is 1. The lowest BCUT2D eigenvalue weighted by Gasteiger charge is -2.29. The summed E-state index contributed by atoms with van der Waals surface area (Å²) in [7, 11) is 0. The van der Waals surface area contributed by atoms with E-state index in [2.05, 4.69) is 45.3 Å². The molecule has 1 aliphatic carbocycles. The molecule has 2 amide bonds. The number of rotatable bonds is 5. The smallest absolute Gasteiger partial charge is 0.318 e. The molecule has 2 aromatic heterocycles. The molecule has 0 radical (unpaired) electrons. The number of nitrogens with zero attached hydrogens (tertiary/aromatic N) is 1. The first-order valence-corrected chi connectivity index (χ1v) is 9.86. The van der Waals surface area contributed by atoms with Crippen molar-refractivity contribution in [2.24, 2.45) is 0 Å². The molecule has 2 N–H and O–H groups in total. The van der Waals surface area contributed by atoms with E-state index in [9.17, 15) is 4.79 Å². The monoisotopic (exact) mass is 353 g/mol. The Morgan fingerprint density at radius 1 is 1.24 bits per heavy atom. The number of nitrogens with one attached hydrogen (secondary N) is 2. The van der Waals surface area contributed by atoms with Gasteiger partial charge in [0.1, 0.15) is 0 Å². The van der Waals surface area contributed by atoms with Crippen molar-refractivity contribution in [1.29, 1.82) is 0 Å². The van der Waals surface area contributed by atoms with Crippen LogP contribution < -0.4 is 5.32 Å². The number of hydrogen-bond acceptors (Lipinski definition) is 2. The molecule has 0 spiro atoms. The van der Waals surface area contributed by atoms with E-state index in [1.54, 1.807) is 11.3 Å². The minimum atomic E-state index is 0.0469. The summed E-state index contributed by atoms with van der Waals surface area (Å²) >= 11 is 1.69. The second kappa shape index (κ2) is 7.31. The fourth-order valence-electron chi connectivity index (χ4n) is 3.74. The number of fused-ring (bicyclic) bond motifs is 1. The predicted octanol–water partition coefficient (Wildman–Crippen LogP) is 4.88. The van der Waals surface area contributed by atoms with Crippen molar-refractivity contribution >= 4 is 28.3 Å². The third-order valence-electron chi connectivity index (χ3n) is 5.07. The fourth-order valence-corrected chi connectivity index (χ4v) is 4.40. The Hall–Kier alpha value is -2.27. The van der Waals surface area contributed by atoms with Crippen LogP contribution >= 0.6 is 11.3 Å². The molecule has 0 atom stereocenters. The lowest BCUT2D eigenvalue weighted by molar-refractivity contribution is 0.171. The van der Waals surface area contributed by atoms with Crippen LogP contribution in [0.5, 0.6) is 0 Å². The number of aromatic amines is 1. The number of benzene rings is 1. The molecule has 5 heteroatoms. The maximum Gasteiger partial charge on any atom is 0.318 e. The highest BCUT2D eigenvalue weighted by Crippen LogP contribution is 2.26. The molecule has 0 bridgehead atoms. The van der Waals surface area contributed by atoms with Gasteiger partial charge in [0.25, 0.3) is 0 Å². The van der Waals surface area contributed by atoms with E-state index in [1.807, 2.05) is 17.2 Å². The number of amides is 2. The van der Waals surface area contributed by atoms with Crippen LogP contribution in [0.3, 0.4) is 0 Å². The van der Waals surface area contributed by atoms with Gasteiger partial charge in [0.15, 0.2) is 0 Å². The van der Waals surface area contributed by atoms with Crippen molar-refractivity contribution in [3.8, 4) is 0 Å². The molecule has 130 valence electrons. The van der Waals surface area contributed by atoms with Gasteiger partial charge in [-0.05, 0) is 52.9 Å². The summed E-state index contributed by atoms with van der Waals surface area (Å²) in [5.41, 5.74) is 3.48. The Labute approximate surface area is 151 Å². The van der Waals surface area contributed by atoms with Crippen LogP contribution in [0.4, 0.5) is 4.79 Å². The van der Waals surface area contributed by atoms with Crippen molar-refractivity contribution in [2.45, 2.75) is 44.8 Å². The summed E-state index contributed by atoms with van der Waals surface area (Å²) in [5.74, 6) is 0. The number of carbonyl (C=O) groups excluding carboxylic acids is 1. The van der Waals surface area contributed by atoms with Crippen LogP contribution in [0.1, 0.15) is 36.8 Å². The average molecular weight is 353 g/mol. The second-order valence-electron chi connectivity index (χ2n) is 6.71. The Bertz CT molecular complexity index is 834. The van der Waals surface area contributed by atoms with Gasteiger partial charge in [-0.2, -0.15) is 11.3 Å². The molecule has 0 unspecified atom stereocenters. The number of urea groups is 1. The van der Waals surface area contributed by atoms with Gasteiger partial charge in [-0.3, -0.25) is 0 Å². The van der Waals surface area contributed by atoms with E-state index in [1.165, 1.54) is 23.8 Å². The molecule has 1 aromatic carbocycles. The van der Waals surface area contributed by atoms with Crippen LogP contribution in [0, 0.1) is 0 Å². The molecule has 3 aromatic rings. The van der Waals surface area contributed by atoms with E-state index >= 15 is 0 Å². The normalized spacial score (nSPS) is 14.9. The molecule has 1 aliphatic rings. The number of aromatic nitrogens is 1. The summed E-state index contributed by atoms with van der Waals surface area (Å²) in [6, 6.07) is 10.8. The summed E-state index contributed by atoms with van der Waals surface area (Å²) in [5, 5.41) is 8.53. The van der Waals surface area contributed by atoms with Gasteiger partial charge < -0.3 is 15.2 Å². The predicted molar refractivity (Wildman–Crippen MR) is 103 cm³/mol. The van der Waals surface area contributed by atoms with Crippen molar-refractivity contribution in [1.82, 2.24) is 15.2 Å². The maximum absolute atomic E-state index is 12.9. The maximum atomic E-state index is 12.9. The lowest BCUT2D eigenvalue weighted by Crippen LogP contribution is -2.44. The van der Waals surface area contributed by atoms with Gasteiger partial charge in [0.05, 0.1) is 0 Å². The zero-order valence-corrected chi connectivity index (χ0v) is 15.0. The van der Waals surface area contributed by atoms with Gasteiger partial charge >= 0.3 is 6.03 Å². The molecular weight excluding hydrogens is 330 g/mol. The van der Waals surface area contributed by atoms with Gasteiger partial charge in [0, 0.05) is 36.2 Å². The van der Waals surface area contributed by atoms with Crippen LogP contribution in [0.25, 0.3) is 10.9 Å². The van der Waals surface area contributed by atoms with Crippen molar-refractivity contribution in [3.63, 3.8) is 0 Å². The first-order valence-electron chi connectivity index (χ1n) is 8.92. The zero-order valence-electron chi connectivity index (χ0n) is 14.2. The fraction of sp³-hybridized carbons (Fsp3) is 0.350. The summed E-state index contributed by atoms with van der Waals surface area (Å²) in [4.78, 5) is 18.2. The highest BCUT2D eigenvalue weighted by molar-refractivity contribution is 7.07. The van der Waals surface area contributed by atoms with E-state index in [0.29, 0.717) is 19.1 Å². The van der Waals surface area contributed by atoms with Gasteiger partial charge in [-0.1, -0.05) is 25.0 Å². The molecule has 0 saturated heterocycles. The van der Waals surface area contributed by atoms with E-state index in [-0.39, 0.29) is 6.03 Å². The summed E-state index contributed by atoms with van der Waals surface area (Å²) in [6.45, 7) is 1.26. The van der Waals surface area contributed by atoms with Gasteiger partial charge in [-0.15, -0.1) is 0 Å². The highest BCUT2D eigenvalue weighted by Gasteiger charge is 2.26. The van der Waals surface area contributed by atoms with Gasteiger partial charge in [-0.25, -0.2) is 4.79 Å². The summed E-state index contributed by atoms with van der Waals surface area (Å²) < 4.78 is 0. The third kappa shape index (κ3) is 3.56. The minimum Gasteiger partial charge on any atom is -0.361 e. The molecule has 1 saturated carbocycles. The Balaban J connectivity index is 1.47. The third-order valence-corrected chi connectivity index (χ3v) is 5.81. The number of hydrogen-bond donors (Lipinski definition) is 2. The highest BCUT2D eigenvalue weighted by atomic mass is 32.1. The molecule has 25 heavy (non-hydrogen) atoms. The molecule has 2 heterocycles. The van der Waals surface area contributed by atoms with E-state index < -0.39 is 0 Å². The van der Waals surface area contributed by atoms with Crippen molar-refractivity contribution < 1.29 is 4.79 Å². The lowest BCUT2D eigenvalue weighted by atomic mass is 10.1. The quantitative estimate of drug-likeness (QED) is 0.674. The van der Waals surface area contributed by atoms with Crippen molar-refractivity contribution in [3.05, 3.63) is 58.4 Å². The standard InChI is InChI=1S/C20H23N3OS/c24-20(22-12-16-4-3-7-19-18(16)8-10-21-19)23(17-5-1-2-6-17)13-15-9-11-25-14-15/h3-4,7-11,14,17,21H,1-2,5-6,12-13H2,(H,22,24). The number of H-pyrrole nitrogens is 1. The first-order chi connectivity index (χ1) is 12.3.